The summed E-state index contributed by atoms with van der Waals surface area (Å²) in [5.74, 6) is -0.977. The van der Waals surface area contributed by atoms with Crippen LogP contribution in [0.2, 0.25) is 0 Å². The highest BCUT2D eigenvalue weighted by molar-refractivity contribution is 5.94. The summed E-state index contributed by atoms with van der Waals surface area (Å²) < 4.78 is 1.89. The molecule has 30 heavy (non-hydrogen) atoms. The Kier molecular flexibility index (Phi) is 4.71. The van der Waals surface area contributed by atoms with Crippen molar-refractivity contribution in [3.8, 4) is 5.69 Å². The number of anilines is 2. The normalized spacial score (nSPS) is 10.9. The van der Waals surface area contributed by atoms with Crippen LogP contribution in [0.3, 0.4) is 0 Å². The van der Waals surface area contributed by atoms with Crippen molar-refractivity contribution in [2.75, 3.05) is 5.32 Å². The lowest BCUT2D eigenvalue weighted by molar-refractivity contribution is 0.0696. The fraction of sp³-hybridized carbons (Fsp3) is 0.0870. The first-order chi connectivity index (χ1) is 14.3. The number of fused-ring (bicyclic) bond motifs is 1. The number of amides is 1. The molecule has 1 amide bonds. The van der Waals surface area contributed by atoms with E-state index in [0.717, 1.165) is 28.0 Å². The van der Waals surface area contributed by atoms with Crippen molar-refractivity contribution < 1.29 is 14.7 Å². The number of aromatic carboxylic acids is 1. The molecule has 4 rings (SSSR count). The number of rotatable bonds is 5. The van der Waals surface area contributed by atoms with E-state index < -0.39 is 11.9 Å². The predicted molar refractivity (Wildman–Crippen MR) is 116 cm³/mol. The minimum absolute atomic E-state index is 0.162. The minimum Gasteiger partial charge on any atom is -0.478 e. The Hall–Kier alpha value is -4.13. The third kappa shape index (κ3) is 3.37. The van der Waals surface area contributed by atoms with E-state index in [2.05, 4.69) is 10.3 Å². The van der Waals surface area contributed by atoms with E-state index in [0.29, 0.717) is 17.0 Å². The molecular weight excluding hydrogens is 380 g/mol. The van der Waals surface area contributed by atoms with Crippen LogP contribution in [0, 0.1) is 13.8 Å². The van der Waals surface area contributed by atoms with Gasteiger partial charge in [-0.3, -0.25) is 9.36 Å². The number of carbonyl (C=O) groups is 2. The average molecular weight is 400 g/mol. The van der Waals surface area contributed by atoms with E-state index in [1.165, 1.54) is 0 Å². The Morgan fingerprint density at radius 1 is 0.967 bits per heavy atom. The summed E-state index contributed by atoms with van der Waals surface area (Å²) in [6.45, 7) is 4.01. The molecule has 4 N–H and O–H groups in total. The van der Waals surface area contributed by atoms with E-state index in [9.17, 15) is 14.7 Å². The number of hydrogen-bond donors (Lipinski definition) is 3. The number of benzene rings is 3. The van der Waals surface area contributed by atoms with E-state index in [1.54, 1.807) is 42.5 Å². The molecule has 0 spiro atoms. The minimum atomic E-state index is -1.01. The van der Waals surface area contributed by atoms with Gasteiger partial charge >= 0.3 is 5.97 Å². The van der Waals surface area contributed by atoms with Gasteiger partial charge in [-0.15, -0.1) is 0 Å². The number of imidazole rings is 1. The molecule has 4 aromatic rings. The molecule has 0 aliphatic rings. The Morgan fingerprint density at radius 2 is 1.60 bits per heavy atom. The quantitative estimate of drug-likeness (QED) is 0.465. The standard InChI is InChI=1S/C23H20N4O3/c1-13-4-3-5-14(2)20(13)26-23-25-18-12-16(22(29)30)8-11-19(18)27(23)17-9-6-15(7-10-17)21(24)28/h3-12H,1-2H3,(H2,24,28)(H,25,26)(H,29,30). The van der Waals surface area contributed by atoms with Gasteiger partial charge in [0, 0.05) is 16.9 Å². The summed E-state index contributed by atoms with van der Waals surface area (Å²) in [6.07, 6.45) is 0. The second kappa shape index (κ2) is 7.36. The molecule has 150 valence electrons. The first-order valence-corrected chi connectivity index (χ1v) is 9.34. The molecule has 1 aromatic heterocycles. The maximum atomic E-state index is 11.4. The number of carboxylic acid groups (broad SMARTS) is 1. The molecule has 0 aliphatic heterocycles. The Bertz CT molecular complexity index is 1270. The molecule has 0 radical (unpaired) electrons. The molecule has 3 aromatic carbocycles. The van der Waals surface area contributed by atoms with E-state index in [-0.39, 0.29) is 5.56 Å². The smallest absolute Gasteiger partial charge is 0.335 e. The zero-order valence-corrected chi connectivity index (χ0v) is 16.5. The van der Waals surface area contributed by atoms with Crippen LogP contribution in [0.4, 0.5) is 11.6 Å². The van der Waals surface area contributed by atoms with Gasteiger partial charge in [0.25, 0.3) is 0 Å². The molecule has 1 heterocycles. The third-order valence-electron chi connectivity index (χ3n) is 5.03. The van der Waals surface area contributed by atoms with Crippen molar-refractivity contribution in [1.82, 2.24) is 9.55 Å². The van der Waals surface area contributed by atoms with E-state index in [1.807, 2.05) is 36.6 Å². The van der Waals surface area contributed by atoms with Gasteiger partial charge in [0.2, 0.25) is 11.9 Å². The number of aromatic nitrogens is 2. The van der Waals surface area contributed by atoms with Crippen LogP contribution < -0.4 is 11.1 Å². The first kappa shape index (κ1) is 19.2. The summed E-state index contributed by atoms with van der Waals surface area (Å²) in [5, 5.41) is 12.7. The Labute approximate surface area is 172 Å². The van der Waals surface area contributed by atoms with Gasteiger partial charge in [-0.1, -0.05) is 18.2 Å². The molecule has 7 nitrogen and oxygen atoms in total. The maximum absolute atomic E-state index is 11.4. The molecule has 0 bridgehead atoms. The van der Waals surface area contributed by atoms with E-state index in [4.69, 9.17) is 5.73 Å². The van der Waals surface area contributed by atoms with Crippen LogP contribution in [0.15, 0.2) is 60.7 Å². The van der Waals surface area contributed by atoms with Crippen LogP contribution in [0.5, 0.6) is 0 Å². The van der Waals surface area contributed by atoms with Crippen molar-refractivity contribution in [2.45, 2.75) is 13.8 Å². The van der Waals surface area contributed by atoms with Gasteiger partial charge in [-0.05, 0) is 67.4 Å². The lowest BCUT2D eigenvalue weighted by Crippen LogP contribution is -2.11. The van der Waals surface area contributed by atoms with Crippen molar-refractivity contribution in [2.24, 2.45) is 5.73 Å². The number of nitrogens with two attached hydrogens (primary N) is 1. The summed E-state index contributed by atoms with van der Waals surface area (Å²) in [7, 11) is 0. The Morgan fingerprint density at radius 3 is 2.20 bits per heavy atom. The van der Waals surface area contributed by atoms with Crippen LogP contribution in [-0.2, 0) is 0 Å². The van der Waals surface area contributed by atoms with Gasteiger partial charge in [0.15, 0.2) is 0 Å². The molecule has 0 fully saturated rings. The second-order valence-corrected chi connectivity index (χ2v) is 7.08. The SMILES string of the molecule is Cc1cccc(C)c1Nc1nc2cc(C(=O)O)ccc2n1-c1ccc(C(N)=O)cc1. The number of aryl methyl sites for hydroxylation is 2. The fourth-order valence-electron chi connectivity index (χ4n) is 3.46. The molecule has 0 atom stereocenters. The van der Waals surface area contributed by atoms with E-state index >= 15 is 0 Å². The summed E-state index contributed by atoms with van der Waals surface area (Å²) in [6, 6.07) is 17.7. The zero-order chi connectivity index (χ0) is 21.4. The molecule has 7 heteroatoms. The van der Waals surface area contributed by atoms with Crippen molar-refractivity contribution in [1.29, 1.82) is 0 Å². The number of para-hydroxylation sites is 1. The van der Waals surface area contributed by atoms with Crippen LogP contribution in [0.1, 0.15) is 31.8 Å². The highest BCUT2D eigenvalue weighted by atomic mass is 16.4. The largest absolute Gasteiger partial charge is 0.478 e. The van der Waals surface area contributed by atoms with Crippen LogP contribution in [0.25, 0.3) is 16.7 Å². The second-order valence-electron chi connectivity index (χ2n) is 7.08. The highest BCUT2D eigenvalue weighted by Gasteiger charge is 2.16. The van der Waals surface area contributed by atoms with Crippen molar-refractivity contribution in [3.05, 3.63) is 82.9 Å². The van der Waals surface area contributed by atoms with Crippen molar-refractivity contribution in [3.63, 3.8) is 0 Å². The lowest BCUT2D eigenvalue weighted by atomic mass is 10.1. The summed E-state index contributed by atoms with van der Waals surface area (Å²) in [4.78, 5) is 27.5. The number of hydrogen-bond acceptors (Lipinski definition) is 4. The predicted octanol–water partition coefficient (Wildman–Crippen LogP) is 4.18. The third-order valence-corrected chi connectivity index (χ3v) is 5.03. The molecule has 0 saturated heterocycles. The van der Waals surface area contributed by atoms with Gasteiger partial charge in [-0.25, -0.2) is 9.78 Å². The molecular formula is C23H20N4O3. The first-order valence-electron chi connectivity index (χ1n) is 9.34. The number of primary amides is 1. The summed E-state index contributed by atoms with van der Waals surface area (Å²) >= 11 is 0. The highest BCUT2D eigenvalue weighted by Crippen LogP contribution is 2.30. The molecule has 0 unspecified atom stereocenters. The fourth-order valence-corrected chi connectivity index (χ4v) is 3.46. The van der Waals surface area contributed by atoms with Crippen LogP contribution in [-0.4, -0.2) is 26.5 Å². The number of carbonyl (C=O) groups excluding carboxylic acids is 1. The molecule has 0 saturated carbocycles. The van der Waals surface area contributed by atoms with Gasteiger partial charge in [-0.2, -0.15) is 0 Å². The number of nitrogens with zero attached hydrogens (tertiary/aromatic N) is 2. The summed E-state index contributed by atoms with van der Waals surface area (Å²) in [5.41, 5.74) is 11.0. The lowest BCUT2D eigenvalue weighted by Gasteiger charge is -2.14. The number of nitrogens with one attached hydrogen (secondary N) is 1. The average Bonchev–Trinajstić information content (AvgIpc) is 3.08. The zero-order valence-electron chi connectivity index (χ0n) is 16.5. The van der Waals surface area contributed by atoms with Gasteiger partial charge < -0.3 is 16.2 Å². The van der Waals surface area contributed by atoms with Crippen molar-refractivity contribution >= 4 is 34.5 Å². The monoisotopic (exact) mass is 400 g/mol. The van der Waals surface area contributed by atoms with Gasteiger partial charge in [0.05, 0.1) is 16.6 Å². The van der Waals surface area contributed by atoms with Crippen LogP contribution >= 0.6 is 0 Å². The topological polar surface area (TPSA) is 110 Å². The maximum Gasteiger partial charge on any atom is 0.335 e. The number of carboxylic acids is 1. The Balaban J connectivity index is 1.92. The molecule has 0 aliphatic carbocycles. The van der Waals surface area contributed by atoms with Gasteiger partial charge in [0.1, 0.15) is 0 Å².